The van der Waals surface area contributed by atoms with Gasteiger partial charge in [0.25, 0.3) is 5.91 Å². The molecule has 0 unspecified atom stereocenters. The van der Waals surface area contributed by atoms with Gasteiger partial charge in [0, 0.05) is 18.2 Å². The normalized spacial score (nSPS) is 11.4. The molecule has 0 bridgehead atoms. The minimum atomic E-state index is -0.877. The number of hydrogen-bond donors (Lipinski definition) is 1. The number of esters is 1. The quantitative estimate of drug-likeness (QED) is 0.665. The second-order valence-electron chi connectivity index (χ2n) is 6.39. The molecule has 0 aliphatic carbocycles. The van der Waals surface area contributed by atoms with Gasteiger partial charge < -0.3 is 19.5 Å². The molecular formula is C22H27NO5. The third-order valence-electron chi connectivity index (χ3n) is 4.34. The number of nitrogens with one attached hydrogen (secondary N) is 1. The lowest BCUT2D eigenvalue weighted by molar-refractivity contribution is -0.153. The molecule has 0 saturated carbocycles. The molecule has 0 spiro atoms. The maximum absolute atomic E-state index is 12.2. The standard InChI is InChI=1S/C22H27NO5/c1-5-16-6-9-18(10-7-16)23-22(25)15(2)28-21(24)11-8-17-12-19(26-3)14-20(13-17)27-4/h6-7,9-10,12-15H,5,8,11H2,1-4H3,(H,23,25)/t15-/m1/s1. The van der Waals surface area contributed by atoms with Gasteiger partial charge in [-0.25, -0.2) is 0 Å². The highest BCUT2D eigenvalue weighted by Crippen LogP contribution is 2.23. The van der Waals surface area contributed by atoms with E-state index in [2.05, 4.69) is 12.2 Å². The molecule has 6 nitrogen and oxygen atoms in total. The van der Waals surface area contributed by atoms with Crippen molar-refractivity contribution in [3.05, 3.63) is 53.6 Å². The van der Waals surface area contributed by atoms with Crippen LogP contribution in [0.4, 0.5) is 5.69 Å². The van der Waals surface area contributed by atoms with Crippen LogP contribution in [0.5, 0.6) is 11.5 Å². The molecule has 0 fully saturated rings. The number of methoxy groups -OCH3 is 2. The molecule has 1 atom stereocenters. The van der Waals surface area contributed by atoms with Crippen LogP contribution in [0.3, 0.4) is 0 Å². The topological polar surface area (TPSA) is 73.9 Å². The number of amides is 1. The van der Waals surface area contributed by atoms with Gasteiger partial charge in [0.15, 0.2) is 6.10 Å². The Bertz CT molecular complexity index is 779. The summed E-state index contributed by atoms with van der Waals surface area (Å²) >= 11 is 0. The lowest BCUT2D eigenvalue weighted by atomic mass is 10.1. The first-order valence-corrected chi connectivity index (χ1v) is 9.26. The van der Waals surface area contributed by atoms with Crippen molar-refractivity contribution in [2.75, 3.05) is 19.5 Å². The third-order valence-corrected chi connectivity index (χ3v) is 4.34. The predicted molar refractivity (Wildman–Crippen MR) is 108 cm³/mol. The Morgan fingerprint density at radius 3 is 2.11 bits per heavy atom. The molecular weight excluding hydrogens is 358 g/mol. The lowest BCUT2D eigenvalue weighted by Crippen LogP contribution is -2.30. The molecule has 2 aromatic carbocycles. The van der Waals surface area contributed by atoms with Crippen molar-refractivity contribution in [1.29, 1.82) is 0 Å². The number of hydrogen-bond acceptors (Lipinski definition) is 5. The zero-order valence-electron chi connectivity index (χ0n) is 16.8. The summed E-state index contributed by atoms with van der Waals surface area (Å²) in [7, 11) is 3.14. The largest absolute Gasteiger partial charge is 0.497 e. The Morgan fingerprint density at radius 1 is 0.964 bits per heavy atom. The van der Waals surface area contributed by atoms with Crippen LogP contribution in [0.2, 0.25) is 0 Å². The van der Waals surface area contributed by atoms with E-state index in [-0.39, 0.29) is 12.3 Å². The van der Waals surface area contributed by atoms with E-state index in [1.807, 2.05) is 36.4 Å². The van der Waals surface area contributed by atoms with Crippen LogP contribution in [0.25, 0.3) is 0 Å². The third kappa shape index (κ3) is 6.30. The highest BCUT2D eigenvalue weighted by molar-refractivity contribution is 5.95. The molecule has 28 heavy (non-hydrogen) atoms. The summed E-state index contributed by atoms with van der Waals surface area (Å²) < 4.78 is 15.7. The van der Waals surface area contributed by atoms with Gasteiger partial charge in [0.2, 0.25) is 0 Å². The molecule has 0 saturated heterocycles. The maximum atomic E-state index is 12.2. The Hall–Kier alpha value is -3.02. The molecule has 0 heterocycles. The number of rotatable bonds is 9. The van der Waals surface area contributed by atoms with Crippen LogP contribution in [-0.2, 0) is 27.2 Å². The zero-order chi connectivity index (χ0) is 20.5. The van der Waals surface area contributed by atoms with Gasteiger partial charge in [-0.2, -0.15) is 0 Å². The number of anilines is 1. The van der Waals surface area contributed by atoms with Gasteiger partial charge in [0.1, 0.15) is 11.5 Å². The van der Waals surface area contributed by atoms with E-state index < -0.39 is 12.1 Å². The summed E-state index contributed by atoms with van der Waals surface area (Å²) in [5.41, 5.74) is 2.75. The predicted octanol–water partition coefficient (Wildman–Crippen LogP) is 3.77. The number of carbonyl (C=O) groups is 2. The number of carbonyl (C=O) groups excluding carboxylic acids is 2. The van der Waals surface area contributed by atoms with Gasteiger partial charge in [0.05, 0.1) is 14.2 Å². The molecule has 6 heteroatoms. The monoisotopic (exact) mass is 385 g/mol. The van der Waals surface area contributed by atoms with Crippen LogP contribution >= 0.6 is 0 Å². The van der Waals surface area contributed by atoms with Crippen molar-refractivity contribution in [2.24, 2.45) is 0 Å². The zero-order valence-corrected chi connectivity index (χ0v) is 16.8. The first kappa shape index (κ1) is 21.3. The Morgan fingerprint density at radius 2 is 1.57 bits per heavy atom. The average Bonchev–Trinajstić information content (AvgIpc) is 2.72. The molecule has 0 aliphatic rings. The molecule has 1 amide bonds. The maximum Gasteiger partial charge on any atom is 0.306 e. The second kappa shape index (κ2) is 10.3. The Labute approximate surface area is 165 Å². The summed E-state index contributed by atoms with van der Waals surface area (Å²) in [5, 5.41) is 2.75. The van der Waals surface area contributed by atoms with E-state index in [1.54, 1.807) is 27.2 Å². The summed E-state index contributed by atoms with van der Waals surface area (Å²) in [6, 6.07) is 13.0. The van der Waals surface area contributed by atoms with Gasteiger partial charge in [-0.15, -0.1) is 0 Å². The molecule has 2 aromatic rings. The first-order chi connectivity index (χ1) is 13.4. The highest BCUT2D eigenvalue weighted by Gasteiger charge is 2.18. The lowest BCUT2D eigenvalue weighted by Gasteiger charge is -2.14. The minimum Gasteiger partial charge on any atom is -0.497 e. The highest BCUT2D eigenvalue weighted by atomic mass is 16.5. The van der Waals surface area contributed by atoms with Crippen LogP contribution in [0.15, 0.2) is 42.5 Å². The van der Waals surface area contributed by atoms with Crippen LogP contribution in [0, 0.1) is 0 Å². The Kier molecular flexibility index (Phi) is 7.87. The summed E-state index contributed by atoms with van der Waals surface area (Å²) in [4.78, 5) is 24.3. The van der Waals surface area contributed by atoms with E-state index in [4.69, 9.17) is 14.2 Å². The van der Waals surface area contributed by atoms with E-state index in [0.29, 0.717) is 23.6 Å². The van der Waals surface area contributed by atoms with Crippen molar-refractivity contribution < 1.29 is 23.8 Å². The van der Waals surface area contributed by atoms with Gasteiger partial charge in [-0.3, -0.25) is 9.59 Å². The summed E-state index contributed by atoms with van der Waals surface area (Å²) in [6.45, 7) is 3.62. The van der Waals surface area contributed by atoms with Crippen molar-refractivity contribution in [2.45, 2.75) is 39.2 Å². The van der Waals surface area contributed by atoms with Crippen LogP contribution in [0.1, 0.15) is 31.4 Å². The smallest absolute Gasteiger partial charge is 0.306 e. The second-order valence-corrected chi connectivity index (χ2v) is 6.39. The van der Waals surface area contributed by atoms with Crippen molar-refractivity contribution in [3.63, 3.8) is 0 Å². The van der Waals surface area contributed by atoms with Crippen molar-refractivity contribution >= 4 is 17.6 Å². The number of ether oxygens (including phenoxy) is 3. The van der Waals surface area contributed by atoms with E-state index in [1.165, 1.54) is 5.56 Å². The van der Waals surface area contributed by atoms with Crippen LogP contribution in [-0.4, -0.2) is 32.2 Å². The fraction of sp³-hybridized carbons (Fsp3) is 0.364. The molecule has 0 aromatic heterocycles. The van der Waals surface area contributed by atoms with Crippen LogP contribution < -0.4 is 14.8 Å². The minimum absolute atomic E-state index is 0.152. The Balaban J connectivity index is 1.85. The SMILES string of the molecule is CCc1ccc(NC(=O)[C@@H](C)OC(=O)CCc2cc(OC)cc(OC)c2)cc1. The first-order valence-electron chi connectivity index (χ1n) is 9.26. The van der Waals surface area contributed by atoms with E-state index in [9.17, 15) is 9.59 Å². The van der Waals surface area contributed by atoms with E-state index >= 15 is 0 Å². The fourth-order valence-electron chi connectivity index (χ4n) is 2.63. The van der Waals surface area contributed by atoms with Crippen molar-refractivity contribution in [3.8, 4) is 11.5 Å². The van der Waals surface area contributed by atoms with Gasteiger partial charge in [-0.1, -0.05) is 19.1 Å². The molecule has 150 valence electrons. The molecule has 0 aliphatic heterocycles. The molecule has 2 rings (SSSR count). The molecule has 0 radical (unpaired) electrons. The fourth-order valence-corrected chi connectivity index (χ4v) is 2.63. The summed E-state index contributed by atoms with van der Waals surface area (Å²) in [6.07, 6.45) is 0.665. The molecule has 1 N–H and O–H groups in total. The summed E-state index contributed by atoms with van der Waals surface area (Å²) in [5.74, 6) is 0.514. The number of benzene rings is 2. The van der Waals surface area contributed by atoms with Gasteiger partial charge in [-0.05, 0) is 55.2 Å². The average molecular weight is 385 g/mol. The van der Waals surface area contributed by atoms with Gasteiger partial charge >= 0.3 is 5.97 Å². The van der Waals surface area contributed by atoms with E-state index in [0.717, 1.165) is 12.0 Å². The van der Waals surface area contributed by atoms with Crippen molar-refractivity contribution in [1.82, 2.24) is 0 Å². The number of aryl methyl sites for hydroxylation is 2.